The number of carbonyl (C=O) groups is 1. The van der Waals surface area contributed by atoms with Crippen LogP contribution in [-0.4, -0.2) is 50.9 Å². The molecule has 41 heavy (non-hydrogen) atoms. The van der Waals surface area contributed by atoms with Crippen molar-refractivity contribution in [3.05, 3.63) is 107 Å². The minimum absolute atomic E-state index is 0.142. The van der Waals surface area contributed by atoms with E-state index in [4.69, 9.17) is 21.3 Å². The zero-order valence-electron chi connectivity index (χ0n) is 23.9. The highest BCUT2D eigenvalue weighted by molar-refractivity contribution is 6.37. The van der Waals surface area contributed by atoms with Gasteiger partial charge in [-0.25, -0.2) is 4.99 Å². The number of nitrogens with one attached hydrogen (secondary N) is 1. The van der Waals surface area contributed by atoms with Crippen LogP contribution < -0.4 is 5.32 Å². The minimum atomic E-state index is -0.217. The van der Waals surface area contributed by atoms with Crippen molar-refractivity contribution < 1.29 is 9.53 Å². The van der Waals surface area contributed by atoms with E-state index in [2.05, 4.69) is 26.8 Å². The van der Waals surface area contributed by atoms with Crippen LogP contribution in [-0.2, 0) is 16.1 Å². The van der Waals surface area contributed by atoms with Crippen molar-refractivity contribution in [1.29, 1.82) is 0 Å². The zero-order chi connectivity index (χ0) is 29.4. The molecule has 1 atom stereocenters. The van der Waals surface area contributed by atoms with E-state index in [9.17, 15) is 4.79 Å². The van der Waals surface area contributed by atoms with Crippen molar-refractivity contribution in [3.63, 3.8) is 0 Å². The molecule has 0 spiro atoms. The van der Waals surface area contributed by atoms with Gasteiger partial charge in [0.25, 0.3) is 5.91 Å². The second-order valence-electron chi connectivity index (χ2n) is 9.33. The zero-order valence-corrected chi connectivity index (χ0v) is 24.7. The molecule has 0 saturated carbocycles. The van der Waals surface area contributed by atoms with E-state index in [-0.39, 0.29) is 18.5 Å². The lowest BCUT2D eigenvalue weighted by molar-refractivity contribution is -0.122. The predicted molar refractivity (Wildman–Crippen MR) is 164 cm³/mol. The number of aliphatic imine (C=N–C) groups is 1. The first-order valence-electron chi connectivity index (χ1n) is 13.7. The number of halogens is 1. The highest BCUT2D eigenvalue weighted by Crippen LogP contribution is 2.34. The molecule has 3 aromatic rings. The maximum atomic E-state index is 14.1. The summed E-state index contributed by atoms with van der Waals surface area (Å²) in [6, 6.07) is 9.50. The Balaban J connectivity index is 0.00000189. The summed E-state index contributed by atoms with van der Waals surface area (Å²) in [5, 5.41) is 3.76. The summed E-state index contributed by atoms with van der Waals surface area (Å²) in [4.78, 5) is 33.5. The molecule has 2 aliphatic rings. The van der Waals surface area contributed by atoms with Gasteiger partial charge < -0.3 is 10.1 Å². The number of allylic oxidation sites excluding steroid dienone is 1. The standard InChI is InChI=1S/C30H29ClN6O2.C2H6/c1-4-22-14-26(25-8-7-23(15-27(25)31)28-19(2)33-11-12-34-28)30(38)37(17-21-6-5-10-32-16-21)29(22)36-20(3)35-24-9-13-39-18-24;1-2/h4-8,10-12,14-16,24,35H,3,9,13,17-18H2,1-2H3;1-2H3/b22-4-,36-29+;/t24-;/m1./s1. The Morgan fingerprint density at radius 3 is 2.71 bits per heavy atom. The molecule has 0 unspecified atom stereocenters. The summed E-state index contributed by atoms with van der Waals surface area (Å²) in [6.07, 6.45) is 11.4. The molecule has 5 rings (SSSR count). The second-order valence-corrected chi connectivity index (χ2v) is 9.73. The molecule has 2 aromatic heterocycles. The number of amides is 1. The van der Waals surface area contributed by atoms with Crippen LogP contribution in [0.5, 0.6) is 0 Å². The number of carbonyl (C=O) groups excluding carboxylic acids is 1. The normalized spacial score (nSPS) is 18.7. The number of aromatic nitrogens is 3. The lowest BCUT2D eigenvalue weighted by Gasteiger charge is -2.31. The van der Waals surface area contributed by atoms with Crippen LogP contribution in [0.25, 0.3) is 16.8 Å². The first kappa shape index (κ1) is 29.8. The van der Waals surface area contributed by atoms with E-state index >= 15 is 0 Å². The number of amidine groups is 1. The van der Waals surface area contributed by atoms with E-state index in [0.717, 1.165) is 34.5 Å². The molecule has 1 amide bonds. The van der Waals surface area contributed by atoms with Crippen LogP contribution >= 0.6 is 11.6 Å². The predicted octanol–water partition coefficient (Wildman–Crippen LogP) is 6.15. The third-order valence-electron chi connectivity index (χ3n) is 6.62. The molecular formula is C32H35ClN6O2. The molecule has 212 valence electrons. The van der Waals surface area contributed by atoms with Gasteiger partial charge in [-0.15, -0.1) is 0 Å². The fraction of sp³-hybridized carbons (Fsp3) is 0.281. The van der Waals surface area contributed by atoms with Gasteiger partial charge >= 0.3 is 0 Å². The second kappa shape index (κ2) is 14.0. The fourth-order valence-electron chi connectivity index (χ4n) is 4.65. The van der Waals surface area contributed by atoms with Gasteiger partial charge in [0.05, 0.1) is 30.6 Å². The Morgan fingerprint density at radius 2 is 2.05 bits per heavy atom. The third kappa shape index (κ3) is 6.96. The molecule has 1 aromatic carbocycles. The number of hydrogen-bond acceptors (Lipinski definition) is 7. The van der Waals surface area contributed by atoms with Crippen molar-refractivity contribution in [2.24, 2.45) is 4.99 Å². The number of ether oxygens (including phenoxy) is 1. The van der Waals surface area contributed by atoms with Crippen LogP contribution in [0.4, 0.5) is 0 Å². The summed E-state index contributed by atoms with van der Waals surface area (Å²) in [5.74, 6) is 0.766. The van der Waals surface area contributed by atoms with E-state index in [1.165, 1.54) is 0 Å². The maximum absolute atomic E-state index is 14.1. The van der Waals surface area contributed by atoms with Gasteiger partial charge in [0, 0.05) is 58.7 Å². The lowest BCUT2D eigenvalue weighted by Crippen LogP contribution is -2.41. The van der Waals surface area contributed by atoms with Gasteiger partial charge in [0.15, 0.2) is 0 Å². The van der Waals surface area contributed by atoms with E-state index in [1.807, 2.05) is 70.2 Å². The number of aryl methyl sites for hydroxylation is 1. The average molecular weight is 571 g/mol. The van der Waals surface area contributed by atoms with Crippen LogP contribution in [0, 0.1) is 6.92 Å². The van der Waals surface area contributed by atoms with Crippen LogP contribution in [0.15, 0.2) is 90.2 Å². The Morgan fingerprint density at radius 1 is 1.24 bits per heavy atom. The highest BCUT2D eigenvalue weighted by Gasteiger charge is 2.32. The molecule has 4 heterocycles. The molecule has 8 nitrogen and oxygen atoms in total. The minimum Gasteiger partial charge on any atom is -0.379 e. The number of nitrogens with zero attached hydrogens (tertiary/aromatic N) is 5. The average Bonchev–Trinajstić information content (AvgIpc) is 3.50. The summed E-state index contributed by atoms with van der Waals surface area (Å²) in [6.45, 7) is 13.5. The van der Waals surface area contributed by atoms with E-state index in [1.54, 1.807) is 29.7 Å². The topological polar surface area (TPSA) is 92.6 Å². The Kier molecular flexibility index (Phi) is 10.2. The summed E-state index contributed by atoms with van der Waals surface area (Å²) in [7, 11) is 0. The Labute approximate surface area is 246 Å². The number of hydrogen-bond donors (Lipinski definition) is 1. The monoisotopic (exact) mass is 570 g/mol. The van der Waals surface area contributed by atoms with E-state index < -0.39 is 0 Å². The van der Waals surface area contributed by atoms with Gasteiger partial charge in [-0.2, -0.15) is 0 Å². The van der Waals surface area contributed by atoms with Crippen LogP contribution in [0.2, 0.25) is 5.02 Å². The van der Waals surface area contributed by atoms with Crippen molar-refractivity contribution in [1.82, 2.24) is 25.2 Å². The van der Waals surface area contributed by atoms with Crippen molar-refractivity contribution in [2.75, 3.05) is 13.2 Å². The molecule has 0 aliphatic carbocycles. The maximum Gasteiger partial charge on any atom is 0.260 e. The molecule has 1 saturated heterocycles. The number of benzene rings is 1. The summed E-state index contributed by atoms with van der Waals surface area (Å²) in [5.41, 5.74) is 5.13. The molecule has 0 bridgehead atoms. The van der Waals surface area contributed by atoms with Gasteiger partial charge in [0.1, 0.15) is 11.7 Å². The lowest BCUT2D eigenvalue weighted by atomic mass is 9.94. The SMILES string of the molecule is C=C(/N=C1\C(=C/C)C=C(c2ccc(-c3nccnc3C)cc2Cl)C(=O)N1Cc1cccnc1)N[C@@H]1CCOC1.CC. The van der Waals surface area contributed by atoms with Crippen molar-refractivity contribution >= 4 is 28.9 Å². The van der Waals surface area contributed by atoms with Crippen LogP contribution in [0.3, 0.4) is 0 Å². The summed E-state index contributed by atoms with van der Waals surface area (Å²) < 4.78 is 5.46. The molecule has 1 fully saturated rings. The summed E-state index contributed by atoms with van der Waals surface area (Å²) >= 11 is 6.79. The first-order valence-corrected chi connectivity index (χ1v) is 14.1. The van der Waals surface area contributed by atoms with Gasteiger partial charge in [-0.05, 0) is 44.0 Å². The molecule has 2 aliphatic heterocycles. The fourth-order valence-corrected chi connectivity index (χ4v) is 4.93. The quantitative estimate of drug-likeness (QED) is 0.366. The molecular weight excluding hydrogens is 536 g/mol. The molecule has 0 radical (unpaired) electrons. The molecule has 1 N–H and O–H groups in total. The highest BCUT2D eigenvalue weighted by atomic mass is 35.5. The van der Waals surface area contributed by atoms with Crippen molar-refractivity contribution in [2.45, 2.75) is 46.7 Å². The molecule has 9 heteroatoms. The smallest absolute Gasteiger partial charge is 0.260 e. The Hall–Kier alpha value is -4.14. The third-order valence-corrected chi connectivity index (χ3v) is 6.93. The van der Waals surface area contributed by atoms with Gasteiger partial charge in [0.2, 0.25) is 0 Å². The van der Waals surface area contributed by atoms with Crippen LogP contribution in [0.1, 0.15) is 44.0 Å². The first-order chi connectivity index (χ1) is 19.9. The largest absolute Gasteiger partial charge is 0.379 e. The van der Waals surface area contributed by atoms with Gasteiger partial charge in [-0.3, -0.25) is 24.6 Å². The van der Waals surface area contributed by atoms with Gasteiger partial charge in [-0.1, -0.05) is 56.3 Å². The number of pyridine rings is 1. The van der Waals surface area contributed by atoms with E-state index in [0.29, 0.717) is 41.0 Å². The number of rotatable bonds is 7. The van der Waals surface area contributed by atoms with Crippen molar-refractivity contribution in [3.8, 4) is 11.3 Å². The Bertz CT molecular complexity index is 1490.